The smallest absolute Gasteiger partial charge is 0.247 e. The monoisotopic (exact) mass is 321 g/mol. The van der Waals surface area contributed by atoms with Gasteiger partial charge in [-0.25, -0.2) is 14.0 Å². The molecule has 0 atom stereocenters. The summed E-state index contributed by atoms with van der Waals surface area (Å²) in [7, 11) is 0. The van der Waals surface area contributed by atoms with Crippen LogP contribution in [0.5, 0.6) is 0 Å². The standard InChI is InChI=1S/C20H23N3O/c1-15-21-22(14-16-8-6-5-7-9-16)19(24)23(15)18-12-10-17(11-13-18)20(2,3)4/h5-13H,14H2,1-4H3. The molecule has 0 amide bonds. The van der Waals surface area contributed by atoms with Gasteiger partial charge in [0.1, 0.15) is 5.82 Å². The Morgan fingerprint density at radius 3 is 2.17 bits per heavy atom. The van der Waals surface area contributed by atoms with Crippen LogP contribution in [-0.2, 0) is 12.0 Å². The molecule has 0 aliphatic carbocycles. The lowest BCUT2D eigenvalue weighted by Crippen LogP contribution is -2.24. The molecule has 0 unspecified atom stereocenters. The molecule has 0 saturated carbocycles. The summed E-state index contributed by atoms with van der Waals surface area (Å²) in [6, 6.07) is 18.0. The normalized spacial score (nSPS) is 11.7. The van der Waals surface area contributed by atoms with E-state index in [9.17, 15) is 4.79 Å². The van der Waals surface area contributed by atoms with Crippen LogP contribution in [-0.4, -0.2) is 14.3 Å². The first-order chi connectivity index (χ1) is 11.4. The molecule has 0 saturated heterocycles. The Kier molecular flexibility index (Phi) is 4.14. The van der Waals surface area contributed by atoms with Gasteiger partial charge in [0.15, 0.2) is 0 Å². The van der Waals surface area contributed by atoms with E-state index in [2.05, 4.69) is 38.0 Å². The zero-order chi connectivity index (χ0) is 17.3. The number of hydrogen-bond donors (Lipinski definition) is 0. The number of hydrogen-bond acceptors (Lipinski definition) is 2. The Hall–Kier alpha value is -2.62. The van der Waals surface area contributed by atoms with Gasteiger partial charge in [0.05, 0.1) is 12.2 Å². The Bertz CT molecular complexity index is 881. The van der Waals surface area contributed by atoms with Crippen molar-refractivity contribution in [2.75, 3.05) is 0 Å². The van der Waals surface area contributed by atoms with Gasteiger partial charge in [-0.15, -0.1) is 0 Å². The zero-order valence-electron chi connectivity index (χ0n) is 14.7. The highest BCUT2D eigenvalue weighted by molar-refractivity contribution is 5.37. The van der Waals surface area contributed by atoms with E-state index in [0.29, 0.717) is 12.4 Å². The Labute approximate surface area is 142 Å². The van der Waals surface area contributed by atoms with Gasteiger partial charge in [-0.1, -0.05) is 63.2 Å². The van der Waals surface area contributed by atoms with Gasteiger partial charge in [-0.2, -0.15) is 5.10 Å². The molecule has 0 radical (unpaired) electrons. The molecule has 0 aliphatic heterocycles. The molecule has 3 aromatic rings. The van der Waals surface area contributed by atoms with Gasteiger partial charge >= 0.3 is 5.69 Å². The molecule has 24 heavy (non-hydrogen) atoms. The number of rotatable bonds is 3. The van der Waals surface area contributed by atoms with Crippen molar-refractivity contribution in [2.45, 2.75) is 39.7 Å². The van der Waals surface area contributed by atoms with Crippen LogP contribution in [0.25, 0.3) is 5.69 Å². The molecule has 2 aromatic carbocycles. The molecule has 0 fully saturated rings. The minimum absolute atomic E-state index is 0.0933. The number of aryl methyl sites for hydroxylation is 1. The van der Waals surface area contributed by atoms with Gasteiger partial charge in [0.25, 0.3) is 0 Å². The van der Waals surface area contributed by atoms with Crippen LogP contribution in [0.15, 0.2) is 59.4 Å². The maximum Gasteiger partial charge on any atom is 0.350 e. The largest absolute Gasteiger partial charge is 0.350 e. The molecule has 124 valence electrons. The highest BCUT2D eigenvalue weighted by Gasteiger charge is 2.15. The maximum atomic E-state index is 12.7. The highest BCUT2D eigenvalue weighted by atomic mass is 16.2. The summed E-state index contributed by atoms with van der Waals surface area (Å²) in [4.78, 5) is 12.7. The molecule has 0 bridgehead atoms. The summed E-state index contributed by atoms with van der Waals surface area (Å²) < 4.78 is 3.18. The van der Waals surface area contributed by atoms with E-state index >= 15 is 0 Å². The molecule has 1 aromatic heterocycles. The third-order valence-corrected chi connectivity index (χ3v) is 4.17. The summed E-state index contributed by atoms with van der Waals surface area (Å²) in [5.74, 6) is 0.694. The number of nitrogens with zero attached hydrogens (tertiary/aromatic N) is 3. The van der Waals surface area contributed by atoms with Crippen molar-refractivity contribution in [3.63, 3.8) is 0 Å². The van der Waals surface area contributed by atoms with E-state index < -0.39 is 0 Å². The minimum atomic E-state index is -0.111. The average molecular weight is 321 g/mol. The Morgan fingerprint density at radius 2 is 1.58 bits per heavy atom. The molecule has 4 nitrogen and oxygen atoms in total. The fourth-order valence-electron chi connectivity index (χ4n) is 2.78. The van der Waals surface area contributed by atoms with Crippen LogP contribution in [0.1, 0.15) is 37.7 Å². The van der Waals surface area contributed by atoms with Crippen molar-refractivity contribution >= 4 is 0 Å². The van der Waals surface area contributed by atoms with Gasteiger partial charge < -0.3 is 0 Å². The molecule has 1 heterocycles. The summed E-state index contributed by atoms with van der Waals surface area (Å²) in [5.41, 5.74) is 3.14. The van der Waals surface area contributed by atoms with Crippen molar-refractivity contribution in [1.29, 1.82) is 0 Å². The van der Waals surface area contributed by atoms with Gasteiger partial charge in [-0.05, 0) is 35.6 Å². The van der Waals surface area contributed by atoms with Crippen molar-refractivity contribution in [3.05, 3.63) is 82.0 Å². The first kappa shape index (κ1) is 16.2. The van der Waals surface area contributed by atoms with E-state index in [1.165, 1.54) is 10.2 Å². The zero-order valence-corrected chi connectivity index (χ0v) is 14.7. The van der Waals surface area contributed by atoms with Crippen LogP contribution >= 0.6 is 0 Å². The third-order valence-electron chi connectivity index (χ3n) is 4.17. The quantitative estimate of drug-likeness (QED) is 0.738. The molecular weight excluding hydrogens is 298 g/mol. The van der Waals surface area contributed by atoms with Crippen LogP contribution in [0.2, 0.25) is 0 Å². The summed E-state index contributed by atoms with van der Waals surface area (Å²) >= 11 is 0. The summed E-state index contributed by atoms with van der Waals surface area (Å²) in [5, 5.41) is 4.42. The van der Waals surface area contributed by atoms with Crippen molar-refractivity contribution in [2.24, 2.45) is 0 Å². The third kappa shape index (κ3) is 3.18. The van der Waals surface area contributed by atoms with Crippen LogP contribution in [0.3, 0.4) is 0 Å². The first-order valence-corrected chi connectivity index (χ1v) is 8.17. The number of aromatic nitrogens is 3. The van der Waals surface area contributed by atoms with Crippen LogP contribution < -0.4 is 5.69 Å². The lowest BCUT2D eigenvalue weighted by Gasteiger charge is -2.19. The first-order valence-electron chi connectivity index (χ1n) is 8.17. The summed E-state index contributed by atoms with van der Waals surface area (Å²) in [6.07, 6.45) is 0. The Balaban J connectivity index is 1.96. The van der Waals surface area contributed by atoms with Crippen LogP contribution in [0, 0.1) is 6.92 Å². The van der Waals surface area contributed by atoms with Gasteiger partial charge in [-0.3, -0.25) is 0 Å². The molecule has 0 N–H and O–H groups in total. The lowest BCUT2D eigenvalue weighted by molar-refractivity contribution is 0.590. The second-order valence-corrected chi connectivity index (χ2v) is 7.11. The molecular formula is C20H23N3O. The maximum absolute atomic E-state index is 12.7. The average Bonchev–Trinajstić information content (AvgIpc) is 2.82. The minimum Gasteiger partial charge on any atom is -0.247 e. The molecule has 4 heteroatoms. The SMILES string of the molecule is Cc1nn(Cc2ccccc2)c(=O)n1-c1ccc(C(C)(C)C)cc1. The predicted molar refractivity (Wildman–Crippen MR) is 96.8 cm³/mol. The van der Waals surface area contributed by atoms with Crippen molar-refractivity contribution < 1.29 is 0 Å². The lowest BCUT2D eigenvalue weighted by atomic mass is 9.87. The fraction of sp³-hybridized carbons (Fsp3) is 0.300. The van der Waals surface area contributed by atoms with Crippen molar-refractivity contribution in [3.8, 4) is 5.69 Å². The Morgan fingerprint density at radius 1 is 0.958 bits per heavy atom. The molecule has 0 spiro atoms. The van der Waals surface area contributed by atoms with E-state index in [1.54, 1.807) is 4.57 Å². The topological polar surface area (TPSA) is 39.8 Å². The van der Waals surface area contributed by atoms with Crippen molar-refractivity contribution in [1.82, 2.24) is 14.3 Å². The van der Waals surface area contributed by atoms with E-state index in [0.717, 1.165) is 11.3 Å². The van der Waals surface area contributed by atoms with E-state index in [4.69, 9.17) is 0 Å². The predicted octanol–water partition coefficient (Wildman–Crippen LogP) is 3.69. The fourth-order valence-corrected chi connectivity index (χ4v) is 2.78. The van der Waals surface area contributed by atoms with Crippen LogP contribution in [0.4, 0.5) is 0 Å². The van der Waals surface area contributed by atoms with Gasteiger partial charge in [0, 0.05) is 0 Å². The van der Waals surface area contributed by atoms with Gasteiger partial charge in [0.2, 0.25) is 0 Å². The van der Waals surface area contributed by atoms with E-state index in [-0.39, 0.29) is 11.1 Å². The molecule has 0 aliphatic rings. The summed E-state index contributed by atoms with van der Waals surface area (Å²) in [6.45, 7) is 8.88. The van der Waals surface area contributed by atoms with E-state index in [1.807, 2.05) is 49.4 Å². The second kappa shape index (κ2) is 6.11. The number of benzene rings is 2. The highest BCUT2D eigenvalue weighted by Crippen LogP contribution is 2.23. The second-order valence-electron chi connectivity index (χ2n) is 7.11. The molecule has 3 rings (SSSR count).